The van der Waals surface area contributed by atoms with Crippen LogP contribution in [-0.2, 0) is 0 Å². The van der Waals surface area contributed by atoms with E-state index in [1.807, 2.05) is 24.8 Å². The average Bonchev–Trinajstić information content (AvgIpc) is 3.84. The Morgan fingerprint density at radius 1 is 0.447 bits per heavy atom. The van der Waals surface area contributed by atoms with E-state index >= 15 is 0 Å². The smallest absolute Gasteiger partial charge is 0.145 e. The molecule has 0 spiro atoms. The fourth-order valence-corrected chi connectivity index (χ4v) is 7.27. The summed E-state index contributed by atoms with van der Waals surface area (Å²) in [6.07, 6.45) is 7.82. The summed E-state index contributed by atoms with van der Waals surface area (Å²) in [5.41, 5.74) is 8.81. The number of para-hydroxylation sites is 1. The Hall–Kier alpha value is -6.46. The second-order valence-corrected chi connectivity index (χ2v) is 11.9. The van der Waals surface area contributed by atoms with Gasteiger partial charge in [0.1, 0.15) is 22.8 Å². The molecule has 0 saturated carbocycles. The molecule has 10 aromatic rings. The summed E-state index contributed by atoms with van der Waals surface area (Å²) in [5, 5.41) is 6.73. The highest BCUT2D eigenvalue weighted by atomic mass is 16.5. The molecule has 0 radical (unpaired) electrons. The van der Waals surface area contributed by atoms with Crippen LogP contribution >= 0.6 is 0 Å². The third-order valence-electron chi connectivity index (χ3n) is 9.29. The van der Waals surface area contributed by atoms with Crippen LogP contribution in [0.5, 0.6) is 11.5 Å². The van der Waals surface area contributed by atoms with Gasteiger partial charge in [-0.2, -0.15) is 0 Å². The lowest BCUT2D eigenvalue weighted by atomic mass is 9.96. The summed E-state index contributed by atoms with van der Waals surface area (Å²) in [5.74, 6) is 1.51. The Labute approximate surface area is 269 Å². The Morgan fingerprint density at radius 3 is 1.79 bits per heavy atom. The predicted octanol–water partition coefficient (Wildman–Crippen LogP) is 10.7. The van der Waals surface area contributed by atoms with Crippen LogP contribution < -0.4 is 4.74 Å². The van der Waals surface area contributed by atoms with Crippen LogP contribution in [0.25, 0.3) is 76.9 Å². The molecule has 6 aromatic carbocycles. The Bertz CT molecular complexity index is 2820. The van der Waals surface area contributed by atoms with Crippen molar-refractivity contribution in [2.24, 2.45) is 0 Å². The van der Waals surface area contributed by atoms with E-state index in [0.717, 1.165) is 55.4 Å². The van der Waals surface area contributed by atoms with Gasteiger partial charge in [0.2, 0.25) is 0 Å². The molecule has 220 valence electrons. The van der Waals surface area contributed by atoms with Crippen molar-refractivity contribution in [3.8, 4) is 33.8 Å². The minimum Gasteiger partial charge on any atom is -0.457 e. The van der Waals surface area contributed by atoms with Gasteiger partial charge >= 0.3 is 0 Å². The first-order valence-corrected chi connectivity index (χ1v) is 15.7. The number of rotatable bonds is 4. The molecule has 0 aliphatic carbocycles. The predicted molar refractivity (Wildman–Crippen MR) is 191 cm³/mol. The van der Waals surface area contributed by atoms with Crippen molar-refractivity contribution >= 4 is 54.6 Å². The van der Waals surface area contributed by atoms with E-state index in [4.69, 9.17) is 14.7 Å². The highest BCUT2D eigenvalue weighted by Crippen LogP contribution is 2.40. The van der Waals surface area contributed by atoms with Crippen LogP contribution in [0.3, 0.4) is 0 Å². The van der Waals surface area contributed by atoms with Gasteiger partial charge < -0.3 is 4.74 Å². The van der Waals surface area contributed by atoms with Crippen molar-refractivity contribution in [2.45, 2.75) is 0 Å². The molecule has 0 unspecified atom stereocenters. The standard InChI is InChI=1S/C42H26N4O/c1-3-9-27(10-4-1)31-13-8-16-38-39(31)34-20-18-30(26-37(34)41-43-21-23-45(38)41)47-29-17-19-33-35-15-7-14-32(28-11-5-2-6-12-28)40(35)46-24-22-44-42(46)36(33)25-29/h1-26H. The Balaban J connectivity index is 1.14. The number of fused-ring (bicyclic) bond motifs is 12. The van der Waals surface area contributed by atoms with Crippen LogP contribution in [0.2, 0.25) is 0 Å². The number of ether oxygens (including phenoxy) is 1. The van der Waals surface area contributed by atoms with Crippen LogP contribution in [0.1, 0.15) is 0 Å². The molecule has 0 bridgehead atoms. The quantitative estimate of drug-likeness (QED) is 0.188. The number of pyridine rings is 2. The van der Waals surface area contributed by atoms with Crippen molar-refractivity contribution in [2.75, 3.05) is 0 Å². The molecular formula is C42H26N4O. The third-order valence-corrected chi connectivity index (χ3v) is 9.29. The zero-order valence-corrected chi connectivity index (χ0v) is 25.2. The highest BCUT2D eigenvalue weighted by molar-refractivity contribution is 6.18. The van der Waals surface area contributed by atoms with Crippen molar-refractivity contribution in [3.05, 3.63) is 158 Å². The topological polar surface area (TPSA) is 43.8 Å². The lowest BCUT2D eigenvalue weighted by molar-refractivity contribution is 0.484. The number of hydrogen-bond donors (Lipinski definition) is 0. The van der Waals surface area contributed by atoms with Crippen molar-refractivity contribution < 1.29 is 4.74 Å². The van der Waals surface area contributed by atoms with Gasteiger partial charge in [-0.1, -0.05) is 91.0 Å². The molecular weight excluding hydrogens is 576 g/mol. The molecule has 0 aliphatic rings. The zero-order chi connectivity index (χ0) is 30.9. The number of nitrogens with zero attached hydrogens (tertiary/aromatic N) is 4. The molecule has 5 nitrogen and oxygen atoms in total. The Morgan fingerprint density at radius 2 is 1.04 bits per heavy atom. The maximum atomic E-state index is 6.60. The first-order chi connectivity index (χ1) is 23.3. The van der Waals surface area contributed by atoms with Crippen LogP contribution in [-0.4, -0.2) is 18.8 Å². The number of imidazole rings is 2. The third kappa shape index (κ3) is 3.90. The summed E-state index contributed by atoms with van der Waals surface area (Å²) in [6, 6.07) is 46.7. The molecule has 0 amide bonds. The molecule has 47 heavy (non-hydrogen) atoms. The summed E-state index contributed by atoms with van der Waals surface area (Å²) in [4.78, 5) is 9.58. The van der Waals surface area contributed by atoms with Gasteiger partial charge in [-0.05, 0) is 69.9 Å². The van der Waals surface area contributed by atoms with Gasteiger partial charge in [0.05, 0.1) is 11.0 Å². The van der Waals surface area contributed by atoms with Crippen LogP contribution in [0.15, 0.2) is 158 Å². The van der Waals surface area contributed by atoms with E-state index in [9.17, 15) is 0 Å². The monoisotopic (exact) mass is 602 g/mol. The molecule has 0 atom stereocenters. The lowest BCUT2D eigenvalue weighted by Crippen LogP contribution is -1.95. The maximum Gasteiger partial charge on any atom is 0.145 e. The van der Waals surface area contributed by atoms with E-state index in [0.29, 0.717) is 0 Å². The van der Waals surface area contributed by atoms with E-state index in [1.165, 1.54) is 33.0 Å². The largest absolute Gasteiger partial charge is 0.457 e. The normalized spacial score (nSPS) is 11.8. The fourth-order valence-electron chi connectivity index (χ4n) is 7.27. The first-order valence-electron chi connectivity index (χ1n) is 15.7. The van der Waals surface area contributed by atoms with E-state index in [-0.39, 0.29) is 0 Å². The highest BCUT2D eigenvalue weighted by Gasteiger charge is 2.17. The number of benzene rings is 6. The molecule has 4 aromatic heterocycles. The van der Waals surface area contributed by atoms with Crippen LogP contribution in [0.4, 0.5) is 0 Å². The van der Waals surface area contributed by atoms with Crippen molar-refractivity contribution in [1.82, 2.24) is 18.8 Å². The second-order valence-electron chi connectivity index (χ2n) is 11.9. The summed E-state index contributed by atoms with van der Waals surface area (Å²) in [6.45, 7) is 0. The average molecular weight is 603 g/mol. The number of hydrogen-bond acceptors (Lipinski definition) is 3. The van der Waals surface area contributed by atoms with Gasteiger partial charge in [0.15, 0.2) is 0 Å². The second kappa shape index (κ2) is 10.0. The van der Waals surface area contributed by atoms with Gasteiger partial charge in [-0.15, -0.1) is 0 Å². The molecule has 0 aliphatic heterocycles. The van der Waals surface area contributed by atoms with Crippen molar-refractivity contribution in [1.29, 1.82) is 0 Å². The van der Waals surface area contributed by atoms with Gasteiger partial charge in [0, 0.05) is 51.9 Å². The lowest BCUT2D eigenvalue weighted by Gasteiger charge is -2.15. The SMILES string of the molecule is c1ccc(-c2cccc3c2c2ccc(Oc4ccc5c(c4)c4nccn4c4c(-c6ccccc6)cccc54)cc2c2nccn32)cc1. The molecule has 5 heteroatoms. The summed E-state index contributed by atoms with van der Waals surface area (Å²) >= 11 is 0. The molecule has 4 heterocycles. The van der Waals surface area contributed by atoms with Gasteiger partial charge in [0.25, 0.3) is 0 Å². The van der Waals surface area contributed by atoms with E-state index in [1.54, 1.807) is 0 Å². The Kier molecular flexibility index (Phi) is 5.51. The van der Waals surface area contributed by atoms with Crippen LogP contribution in [0, 0.1) is 0 Å². The summed E-state index contributed by atoms with van der Waals surface area (Å²) in [7, 11) is 0. The molecule has 0 fully saturated rings. The molecule has 10 rings (SSSR count). The zero-order valence-electron chi connectivity index (χ0n) is 25.2. The molecule has 0 N–H and O–H groups in total. The fraction of sp³-hybridized carbons (Fsp3) is 0. The molecule has 0 saturated heterocycles. The number of aromatic nitrogens is 4. The first kappa shape index (κ1) is 25.8. The minimum atomic E-state index is 0.754. The van der Waals surface area contributed by atoms with E-state index in [2.05, 4.69) is 142 Å². The maximum absolute atomic E-state index is 6.60. The van der Waals surface area contributed by atoms with Gasteiger partial charge in [-0.3, -0.25) is 8.80 Å². The summed E-state index contributed by atoms with van der Waals surface area (Å²) < 4.78 is 11.0. The van der Waals surface area contributed by atoms with E-state index < -0.39 is 0 Å². The van der Waals surface area contributed by atoms with Crippen molar-refractivity contribution in [3.63, 3.8) is 0 Å². The minimum absolute atomic E-state index is 0.754. The van der Waals surface area contributed by atoms with Gasteiger partial charge in [-0.25, -0.2) is 9.97 Å².